The molecule has 7 heteroatoms. The average Bonchev–Trinajstić information content (AvgIpc) is 2.67. The number of amides is 1. The van der Waals surface area contributed by atoms with Gasteiger partial charge in [-0.1, -0.05) is 25.1 Å². The second-order valence-electron chi connectivity index (χ2n) is 6.07. The molecule has 0 aliphatic heterocycles. The summed E-state index contributed by atoms with van der Waals surface area (Å²) in [6, 6.07) is 15.9. The third-order valence-corrected chi connectivity index (χ3v) is 4.13. The van der Waals surface area contributed by atoms with Crippen LogP contribution in [0.1, 0.15) is 18.3 Å². The fourth-order valence-electron chi connectivity index (χ4n) is 2.77. The van der Waals surface area contributed by atoms with Crippen molar-refractivity contribution in [1.29, 1.82) is 5.26 Å². The third kappa shape index (κ3) is 4.57. The fraction of sp³-hybridized carbons (Fsp3) is 0.200. The van der Waals surface area contributed by atoms with Crippen molar-refractivity contribution < 1.29 is 4.79 Å². The maximum Gasteiger partial charge on any atom is 0.258 e. The van der Waals surface area contributed by atoms with E-state index in [1.165, 1.54) is 0 Å². The highest BCUT2D eigenvalue weighted by atomic mass is 16.2. The van der Waals surface area contributed by atoms with E-state index < -0.39 is 0 Å². The van der Waals surface area contributed by atoms with Crippen LogP contribution in [0.5, 0.6) is 0 Å². The summed E-state index contributed by atoms with van der Waals surface area (Å²) in [4.78, 5) is 33.6. The van der Waals surface area contributed by atoms with Crippen LogP contribution in [0.15, 0.2) is 53.3 Å². The first-order valence-corrected chi connectivity index (χ1v) is 8.59. The van der Waals surface area contributed by atoms with Crippen molar-refractivity contribution in [3.63, 3.8) is 0 Å². The predicted octanol–water partition coefficient (Wildman–Crippen LogP) is 2.26. The maximum atomic E-state index is 12.3. The molecule has 2 aromatic carbocycles. The molecule has 0 saturated heterocycles. The molecular formula is C20H19N5O2. The Morgan fingerprint density at radius 3 is 2.85 bits per heavy atom. The number of hydrogen-bond donors (Lipinski definition) is 2. The van der Waals surface area contributed by atoms with Gasteiger partial charge in [-0.2, -0.15) is 5.26 Å². The van der Waals surface area contributed by atoms with Crippen LogP contribution in [0, 0.1) is 11.3 Å². The number of aromatic nitrogens is 2. The summed E-state index contributed by atoms with van der Waals surface area (Å²) in [5.41, 5.74) is 1.50. The summed E-state index contributed by atoms with van der Waals surface area (Å²) in [6.45, 7) is 3.04. The lowest BCUT2D eigenvalue weighted by Crippen LogP contribution is -2.33. The lowest BCUT2D eigenvalue weighted by molar-refractivity contribution is -0.117. The number of likely N-dealkylation sites (N-methyl/N-ethyl adjacent to an activating group) is 1. The Morgan fingerprint density at radius 1 is 1.26 bits per heavy atom. The molecule has 0 bridgehead atoms. The highest BCUT2D eigenvalue weighted by Crippen LogP contribution is 2.10. The summed E-state index contributed by atoms with van der Waals surface area (Å²) in [5.74, 6) is 0.315. The van der Waals surface area contributed by atoms with Crippen molar-refractivity contribution in [1.82, 2.24) is 14.9 Å². The minimum absolute atomic E-state index is 0.143. The number of carbonyl (C=O) groups excluding carboxylic acids is 1. The highest BCUT2D eigenvalue weighted by molar-refractivity contribution is 5.92. The number of benzene rings is 2. The van der Waals surface area contributed by atoms with E-state index in [0.717, 1.165) is 0 Å². The van der Waals surface area contributed by atoms with Gasteiger partial charge in [0.25, 0.3) is 5.56 Å². The molecular weight excluding hydrogens is 342 g/mol. The molecule has 1 amide bonds. The van der Waals surface area contributed by atoms with Gasteiger partial charge >= 0.3 is 0 Å². The second kappa shape index (κ2) is 8.25. The molecule has 0 aliphatic carbocycles. The van der Waals surface area contributed by atoms with Crippen LogP contribution in [0.3, 0.4) is 0 Å². The number of carbonyl (C=O) groups is 1. The van der Waals surface area contributed by atoms with E-state index >= 15 is 0 Å². The summed E-state index contributed by atoms with van der Waals surface area (Å²) in [5, 5.41) is 12.3. The number of nitrogens with zero attached hydrogens (tertiary/aromatic N) is 3. The van der Waals surface area contributed by atoms with Crippen LogP contribution in [-0.4, -0.2) is 33.9 Å². The average molecular weight is 361 g/mol. The number of fused-ring (bicyclic) bond motifs is 1. The van der Waals surface area contributed by atoms with Crippen LogP contribution in [0.2, 0.25) is 0 Å². The molecule has 7 nitrogen and oxygen atoms in total. The second-order valence-corrected chi connectivity index (χ2v) is 6.07. The fourth-order valence-corrected chi connectivity index (χ4v) is 2.77. The number of hydrogen-bond acceptors (Lipinski definition) is 5. The van der Waals surface area contributed by atoms with Crippen molar-refractivity contribution >= 4 is 22.5 Å². The van der Waals surface area contributed by atoms with E-state index in [-0.39, 0.29) is 18.0 Å². The summed E-state index contributed by atoms with van der Waals surface area (Å²) in [7, 11) is 0. The Labute approximate surface area is 156 Å². The smallest absolute Gasteiger partial charge is 0.258 e. The van der Waals surface area contributed by atoms with E-state index in [9.17, 15) is 9.59 Å². The minimum Gasteiger partial charge on any atom is -0.325 e. The van der Waals surface area contributed by atoms with Gasteiger partial charge in [0.1, 0.15) is 5.82 Å². The first-order chi connectivity index (χ1) is 13.1. The van der Waals surface area contributed by atoms with Gasteiger partial charge < -0.3 is 10.3 Å². The topological polar surface area (TPSA) is 102 Å². The number of H-pyrrole nitrogens is 1. The van der Waals surface area contributed by atoms with E-state index in [0.29, 0.717) is 41.1 Å². The molecule has 0 fully saturated rings. The molecule has 2 N–H and O–H groups in total. The molecule has 3 rings (SSSR count). The Hall–Kier alpha value is -3.50. The predicted molar refractivity (Wildman–Crippen MR) is 103 cm³/mol. The van der Waals surface area contributed by atoms with Crippen LogP contribution in [-0.2, 0) is 11.3 Å². The van der Waals surface area contributed by atoms with Crippen molar-refractivity contribution in [2.24, 2.45) is 0 Å². The van der Waals surface area contributed by atoms with Crippen molar-refractivity contribution in [3.8, 4) is 6.07 Å². The molecule has 0 radical (unpaired) electrons. The van der Waals surface area contributed by atoms with Crippen LogP contribution in [0.25, 0.3) is 10.9 Å². The zero-order chi connectivity index (χ0) is 19.2. The summed E-state index contributed by atoms with van der Waals surface area (Å²) < 4.78 is 0. The number of aromatic amines is 1. The number of rotatable bonds is 6. The Balaban J connectivity index is 1.69. The normalized spacial score (nSPS) is 10.7. The largest absolute Gasteiger partial charge is 0.325 e. The molecule has 0 saturated carbocycles. The summed E-state index contributed by atoms with van der Waals surface area (Å²) >= 11 is 0. The molecule has 27 heavy (non-hydrogen) atoms. The number of nitriles is 1. The Bertz CT molecular complexity index is 1070. The van der Waals surface area contributed by atoms with Gasteiger partial charge in [0.2, 0.25) is 5.91 Å². The van der Waals surface area contributed by atoms with Crippen molar-refractivity contribution in [3.05, 3.63) is 70.3 Å². The van der Waals surface area contributed by atoms with Gasteiger partial charge in [-0.15, -0.1) is 0 Å². The summed E-state index contributed by atoms with van der Waals surface area (Å²) in [6.07, 6.45) is 0. The van der Waals surface area contributed by atoms with E-state index in [1.54, 1.807) is 42.5 Å². The van der Waals surface area contributed by atoms with E-state index in [4.69, 9.17) is 5.26 Å². The molecule has 0 unspecified atom stereocenters. The first kappa shape index (κ1) is 18.3. The number of para-hydroxylation sites is 1. The minimum atomic E-state index is -0.199. The standard InChI is InChI=1S/C20H19N5O2/c1-2-25(13-19(26)22-15-7-5-6-14(10-15)11-21)12-18-23-17-9-4-3-8-16(17)20(27)24-18/h3-10H,2,12-13H2,1H3,(H,22,26)(H,23,24,27). The zero-order valence-corrected chi connectivity index (χ0v) is 14.9. The van der Waals surface area contributed by atoms with Crippen LogP contribution >= 0.6 is 0 Å². The molecule has 1 heterocycles. The van der Waals surface area contributed by atoms with E-state index in [1.807, 2.05) is 24.0 Å². The SMILES string of the molecule is CCN(CC(=O)Nc1cccc(C#N)c1)Cc1nc2ccccc2c(=O)[nH]1. The van der Waals surface area contributed by atoms with Gasteiger partial charge in [-0.05, 0) is 36.9 Å². The van der Waals surface area contributed by atoms with Crippen molar-refractivity contribution in [2.45, 2.75) is 13.5 Å². The Kier molecular flexibility index (Phi) is 5.59. The molecule has 1 aromatic heterocycles. The van der Waals surface area contributed by atoms with E-state index in [2.05, 4.69) is 15.3 Å². The van der Waals surface area contributed by atoms with Crippen molar-refractivity contribution in [2.75, 3.05) is 18.4 Å². The maximum absolute atomic E-state index is 12.3. The zero-order valence-electron chi connectivity index (χ0n) is 14.9. The number of anilines is 1. The van der Waals surface area contributed by atoms with Gasteiger partial charge in [0, 0.05) is 5.69 Å². The van der Waals surface area contributed by atoms with Gasteiger partial charge in [-0.3, -0.25) is 14.5 Å². The molecule has 0 aliphatic rings. The third-order valence-electron chi connectivity index (χ3n) is 4.13. The molecule has 0 spiro atoms. The molecule has 0 atom stereocenters. The van der Waals surface area contributed by atoms with Crippen LogP contribution < -0.4 is 10.9 Å². The monoisotopic (exact) mass is 361 g/mol. The quantitative estimate of drug-likeness (QED) is 0.701. The lowest BCUT2D eigenvalue weighted by atomic mass is 10.2. The molecule has 3 aromatic rings. The lowest BCUT2D eigenvalue weighted by Gasteiger charge is -2.19. The first-order valence-electron chi connectivity index (χ1n) is 8.59. The van der Waals surface area contributed by atoms with Gasteiger partial charge in [-0.25, -0.2) is 4.98 Å². The van der Waals surface area contributed by atoms with Crippen LogP contribution in [0.4, 0.5) is 5.69 Å². The highest BCUT2D eigenvalue weighted by Gasteiger charge is 2.12. The van der Waals surface area contributed by atoms with Gasteiger partial charge in [0.05, 0.1) is 35.6 Å². The Morgan fingerprint density at radius 2 is 2.07 bits per heavy atom. The van der Waals surface area contributed by atoms with Gasteiger partial charge in [0.15, 0.2) is 0 Å². The number of nitrogens with one attached hydrogen (secondary N) is 2. The molecule has 136 valence electrons.